The summed E-state index contributed by atoms with van der Waals surface area (Å²) < 4.78 is 1.59. The molecule has 0 radical (unpaired) electrons. The molecule has 0 fully saturated rings. The van der Waals surface area contributed by atoms with Gasteiger partial charge in [0.1, 0.15) is 5.78 Å². The molecule has 6 heteroatoms. The van der Waals surface area contributed by atoms with Gasteiger partial charge in [-0.15, -0.1) is 0 Å². The van der Waals surface area contributed by atoms with Gasteiger partial charge < -0.3 is 14.3 Å². The Hall–Kier alpha value is -3.38. The average molecular weight is 544 g/mol. The molecule has 3 aromatic rings. The summed E-state index contributed by atoms with van der Waals surface area (Å²) in [5, 5.41) is 0. The minimum Gasteiger partial charge on any atom is -0.309 e. The van der Waals surface area contributed by atoms with Crippen molar-refractivity contribution < 1.29 is 9.59 Å². The number of pyridine rings is 2. The molecule has 40 heavy (non-hydrogen) atoms. The van der Waals surface area contributed by atoms with Crippen molar-refractivity contribution in [3.63, 3.8) is 0 Å². The van der Waals surface area contributed by atoms with Crippen LogP contribution in [0.25, 0.3) is 11.3 Å². The van der Waals surface area contributed by atoms with Crippen LogP contribution in [-0.2, 0) is 9.59 Å². The number of carbonyl (C=O) groups excluding carboxylic acids is 2. The van der Waals surface area contributed by atoms with E-state index in [1.54, 1.807) is 30.0 Å². The van der Waals surface area contributed by atoms with Gasteiger partial charge in [-0.05, 0) is 99.5 Å². The third-order valence-electron chi connectivity index (χ3n) is 7.56. The van der Waals surface area contributed by atoms with E-state index in [9.17, 15) is 14.4 Å². The van der Waals surface area contributed by atoms with Crippen molar-refractivity contribution in [3.8, 4) is 11.3 Å². The summed E-state index contributed by atoms with van der Waals surface area (Å²) in [6.07, 6.45) is 4.53. The van der Waals surface area contributed by atoms with Crippen LogP contribution in [0.2, 0.25) is 0 Å². The van der Waals surface area contributed by atoms with Gasteiger partial charge in [-0.2, -0.15) is 0 Å². The molecular formula is C34H45N3O3. The number of hydrogen-bond acceptors (Lipinski definition) is 5. The lowest BCUT2D eigenvalue weighted by molar-refractivity contribution is -0.123. The average Bonchev–Trinajstić information content (AvgIpc) is 2.86. The van der Waals surface area contributed by atoms with Crippen LogP contribution in [0.15, 0.2) is 59.7 Å². The van der Waals surface area contributed by atoms with Crippen LogP contribution >= 0.6 is 0 Å². The van der Waals surface area contributed by atoms with E-state index in [4.69, 9.17) is 0 Å². The van der Waals surface area contributed by atoms with E-state index in [-0.39, 0.29) is 47.7 Å². The summed E-state index contributed by atoms with van der Waals surface area (Å²) in [6, 6.07) is 13.1. The van der Waals surface area contributed by atoms with E-state index in [0.29, 0.717) is 6.42 Å². The van der Waals surface area contributed by atoms with Crippen LogP contribution in [0.1, 0.15) is 87.1 Å². The molecule has 0 saturated carbocycles. The van der Waals surface area contributed by atoms with Crippen molar-refractivity contribution in [1.82, 2.24) is 14.5 Å². The zero-order valence-corrected chi connectivity index (χ0v) is 25.4. The molecular weight excluding hydrogens is 498 g/mol. The van der Waals surface area contributed by atoms with Gasteiger partial charge in [0.25, 0.3) is 5.56 Å². The molecule has 0 N–H and O–H groups in total. The number of benzene rings is 1. The zero-order valence-electron chi connectivity index (χ0n) is 25.4. The Balaban J connectivity index is 1.96. The highest BCUT2D eigenvalue weighted by Gasteiger charge is 2.27. The maximum Gasteiger partial charge on any atom is 0.251 e. The third-order valence-corrected chi connectivity index (χ3v) is 7.56. The number of Topliss-reactive ketones (excluding diaryl/α,β-unsaturated/α-hetero) is 2. The topological polar surface area (TPSA) is 72.3 Å². The SMILES string of the molecule is CC(=O)C[C@H](CC(=O)[C@H](CC(C)C)n1ccc(C(C)CN(C)C)cc1=O)c1ccnc(-c2c(C)cccc2C)c1. The van der Waals surface area contributed by atoms with Crippen molar-refractivity contribution >= 4 is 11.6 Å². The van der Waals surface area contributed by atoms with E-state index < -0.39 is 6.04 Å². The molecule has 2 aromatic heterocycles. The Bertz CT molecular complexity index is 1370. The quantitative estimate of drug-likeness (QED) is 0.246. The lowest BCUT2D eigenvalue weighted by Crippen LogP contribution is -2.32. The second-order valence-electron chi connectivity index (χ2n) is 12.0. The summed E-state index contributed by atoms with van der Waals surface area (Å²) in [7, 11) is 4.03. The number of nitrogens with zero attached hydrogens (tertiary/aromatic N) is 3. The van der Waals surface area contributed by atoms with Crippen LogP contribution < -0.4 is 5.56 Å². The highest BCUT2D eigenvalue weighted by molar-refractivity contribution is 5.85. The molecule has 2 heterocycles. The van der Waals surface area contributed by atoms with Gasteiger partial charge in [0.15, 0.2) is 5.78 Å². The molecule has 1 aromatic carbocycles. The van der Waals surface area contributed by atoms with Crippen LogP contribution in [0.4, 0.5) is 0 Å². The second kappa shape index (κ2) is 13.8. The molecule has 0 aliphatic carbocycles. The van der Waals surface area contributed by atoms with Gasteiger partial charge in [0, 0.05) is 43.4 Å². The van der Waals surface area contributed by atoms with E-state index in [2.05, 4.69) is 56.6 Å². The lowest BCUT2D eigenvalue weighted by Gasteiger charge is -2.25. The van der Waals surface area contributed by atoms with Gasteiger partial charge in [-0.1, -0.05) is 39.0 Å². The molecule has 3 rings (SSSR count). The monoisotopic (exact) mass is 543 g/mol. The van der Waals surface area contributed by atoms with Crippen molar-refractivity contribution in [2.75, 3.05) is 20.6 Å². The molecule has 0 bridgehead atoms. The molecule has 0 amide bonds. The number of rotatable bonds is 13. The van der Waals surface area contributed by atoms with Gasteiger partial charge >= 0.3 is 0 Å². The Labute approximate surface area is 239 Å². The minimum atomic E-state index is -0.583. The fourth-order valence-electron chi connectivity index (χ4n) is 5.66. The Morgan fingerprint density at radius 1 is 0.950 bits per heavy atom. The molecule has 1 unspecified atom stereocenters. The summed E-state index contributed by atoms with van der Waals surface area (Å²) >= 11 is 0. The first-order chi connectivity index (χ1) is 18.9. The fraction of sp³-hybridized carbons (Fsp3) is 0.471. The summed E-state index contributed by atoms with van der Waals surface area (Å²) in [6.45, 7) is 12.7. The molecule has 3 atom stereocenters. The molecule has 0 aliphatic heterocycles. The van der Waals surface area contributed by atoms with Gasteiger partial charge in [0.2, 0.25) is 0 Å². The molecule has 0 saturated heterocycles. The first-order valence-electron chi connectivity index (χ1n) is 14.3. The third kappa shape index (κ3) is 8.07. The lowest BCUT2D eigenvalue weighted by atomic mass is 9.85. The molecule has 6 nitrogen and oxygen atoms in total. The Morgan fingerprint density at radius 2 is 1.62 bits per heavy atom. The van der Waals surface area contributed by atoms with Crippen molar-refractivity contribution in [2.24, 2.45) is 5.92 Å². The molecule has 214 valence electrons. The number of carbonyl (C=O) groups is 2. The summed E-state index contributed by atoms with van der Waals surface area (Å²) in [5.41, 5.74) is 5.89. The van der Waals surface area contributed by atoms with E-state index in [1.165, 1.54) is 0 Å². The minimum absolute atomic E-state index is 0.0263. The first kappa shape index (κ1) is 31.2. The van der Waals surface area contributed by atoms with Crippen LogP contribution in [0.3, 0.4) is 0 Å². The fourth-order valence-corrected chi connectivity index (χ4v) is 5.66. The maximum absolute atomic E-state index is 13.9. The zero-order chi connectivity index (χ0) is 29.6. The highest BCUT2D eigenvalue weighted by Crippen LogP contribution is 2.32. The van der Waals surface area contributed by atoms with E-state index in [0.717, 1.165) is 40.1 Å². The number of aromatic nitrogens is 2. The van der Waals surface area contributed by atoms with Crippen molar-refractivity contribution in [2.45, 2.75) is 78.7 Å². The van der Waals surface area contributed by atoms with Crippen molar-refractivity contribution in [1.29, 1.82) is 0 Å². The molecule has 0 aliphatic rings. The second-order valence-corrected chi connectivity index (χ2v) is 12.0. The van der Waals surface area contributed by atoms with Crippen molar-refractivity contribution in [3.05, 3.63) is 87.5 Å². The number of aryl methyl sites for hydroxylation is 2. The van der Waals surface area contributed by atoms with Gasteiger partial charge in [0.05, 0.1) is 11.7 Å². The standard InChI is InChI=1S/C34H45N3O3/c1-22(2)16-31(37-15-13-27(20-33(37)40)25(5)21-36(7)8)32(39)19-29(17-26(6)38)28-12-14-35-30(18-28)34-23(3)10-9-11-24(34)4/h9-15,18,20,22,25,29,31H,16-17,19,21H2,1-8H3/t25?,29-,31+/m1/s1. The number of likely N-dealkylation sites (N-methyl/N-ethyl adjacent to an activating group) is 1. The number of hydrogen-bond donors (Lipinski definition) is 0. The highest BCUT2D eigenvalue weighted by atomic mass is 16.1. The van der Waals surface area contributed by atoms with Crippen LogP contribution in [-0.4, -0.2) is 46.7 Å². The predicted molar refractivity (Wildman–Crippen MR) is 163 cm³/mol. The van der Waals surface area contributed by atoms with Crippen LogP contribution in [0.5, 0.6) is 0 Å². The largest absolute Gasteiger partial charge is 0.309 e. The Kier molecular flexibility index (Phi) is 10.7. The molecule has 0 spiro atoms. The Morgan fingerprint density at radius 3 is 2.20 bits per heavy atom. The van der Waals surface area contributed by atoms with Gasteiger partial charge in [-0.25, -0.2) is 0 Å². The normalized spacial score (nSPS) is 13.8. The maximum atomic E-state index is 13.9. The number of ketones is 2. The predicted octanol–water partition coefficient (Wildman–Crippen LogP) is 6.50. The smallest absolute Gasteiger partial charge is 0.251 e. The summed E-state index contributed by atoms with van der Waals surface area (Å²) in [5.74, 6) is 0.132. The van der Waals surface area contributed by atoms with Crippen LogP contribution in [0, 0.1) is 19.8 Å². The van der Waals surface area contributed by atoms with E-state index in [1.807, 2.05) is 38.4 Å². The summed E-state index contributed by atoms with van der Waals surface area (Å²) in [4.78, 5) is 46.3. The van der Waals surface area contributed by atoms with E-state index >= 15 is 0 Å². The van der Waals surface area contributed by atoms with Gasteiger partial charge in [-0.3, -0.25) is 14.6 Å². The first-order valence-corrected chi connectivity index (χ1v) is 14.3.